The monoisotopic (exact) mass is 501 g/mol. The fourth-order valence-electron chi connectivity index (χ4n) is 5.04. The predicted molar refractivity (Wildman–Crippen MR) is 141 cm³/mol. The summed E-state index contributed by atoms with van der Waals surface area (Å²) in [5, 5.41) is 6.14. The molecule has 2 fully saturated rings. The zero-order valence-electron chi connectivity index (χ0n) is 21.8. The summed E-state index contributed by atoms with van der Waals surface area (Å²) < 4.78 is 0. The summed E-state index contributed by atoms with van der Waals surface area (Å²) in [5.41, 5.74) is 3.10. The van der Waals surface area contributed by atoms with E-state index in [1.165, 1.54) is 0 Å². The Labute approximate surface area is 219 Å². The van der Waals surface area contributed by atoms with Crippen molar-refractivity contribution >= 4 is 17.8 Å². The molecule has 37 heavy (non-hydrogen) atoms. The van der Waals surface area contributed by atoms with Crippen LogP contribution in [0.25, 0.3) is 0 Å². The number of rotatable bonds is 7. The lowest BCUT2D eigenvalue weighted by molar-refractivity contribution is -0.192. The molecule has 2 aromatic rings. The van der Waals surface area contributed by atoms with E-state index in [-0.39, 0.29) is 43.4 Å². The molecule has 8 nitrogen and oxygen atoms in total. The number of urea groups is 1. The molecule has 0 aliphatic carbocycles. The second kappa shape index (κ2) is 11.5. The van der Waals surface area contributed by atoms with E-state index in [0.29, 0.717) is 13.1 Å². The molecule has 0 aromatic heterocycles. The van der Waals surface area contributed by atoms with Gasteiger partial charge in [-0.15, -0.1) is 6.42 Å². The number of carbonyl (C=O) groups excluding carboxylic acids is 3. The maximum Gasteiger partial charge on any atom is 0.334 e. The molecule has 2 heterocycles. The number of hydrazine groups is 1. The van der Waals surface area contributed by atoms with Gasteiger partial charge >= 0.3 is 6.03 Å². The van der Waals surface area contributed by atoms with E-state index < -0.39 is 12.2 Å². The van der Waals surface area contributed by atoms with Crippen molar-refractivity contribution < 1.29 is 14.4 Å². The molecule has 194 valence electrons. The second-order valence-corrected chi connectivity index (χ2v) is 9.83. The van der Waals surface area contributed by atoms with Gasteiger partial charge < -0.3 is 15.1 Å². The first kappa shape index (κ1) is 26.2. The number of hydrogen-bond acceptors (Lipinski definition) is 4. The number of benzene rings is 2. The molecular weight excluding hydrogens is 466 g/mol. The Morgan fingerprint density at radius 1 is 1.11 bits per heavy atom. The van der Waals surface area contributed by atoms with Crippen molar-refractivity contribution in [3.63, 3.8) is 0 Å². The van der Waals surface area contributed by atoms with Crippen LogP contribution in [0, 0.1) is 25.2 Å². The number of fused-ring (bicyclic) bond motifs is 1. The van der Waals surface area contributed by atoms with E-state index in [2.05, 4.69) is 11.2 Å². The lowest BCUT2D eigenvalue weighted by atomic mass is 9.92. The Morgan fingerprint density at radius 3 is 2.46 bits per heavy atom. The van der Waals surface area contributed by atoms with E-state index in [9.17, 15) is 14.4 Å². The van der Waals surface area contributed by atoms with Gasteiger partial charge in [0.2, 0.25) is 11.8 Å². The van der Waals surface area contributed by atoms with Gasteiger partial charge in [-0.3, -0.25) is 9.59 Å². The van der Waals surface area contributed by atoms with Crippen LogP contribution in [0.15, 0.2) is 54.6 Å². The van der Waals surface area contributed by atoms with Gasteiger partial charge in [0.1, 0.15) is 12.2 Å². The predicted octanol–water partition coefficient (Wildman–Crippen LogP) is 2.98. The van der Waals surface area contributed by atoms with Crippen LogP contribution < -0.4 is 5.32 Å². The van der Waals surface area contributed by atoms with Crippen LogP contribution in [0.2, 0.25) is 0 Å². The molecule has 4 amide bonds. The zero-order valence-corrected chi connectivity index (χ0v) is 21.8. The molecule has 4 rings (SSSR count). The second-order valence-electron chi connectivity index (χ2n) is 9.83. The molecule has 3 atom stereocenters. The largest absolute Gasteiger partial charge is 0.334 e. The van der Waals surface area contributed by atoms with Crippen molar-refractivity contribution in [2.45, 2.75) is 52.5 Å². The summed E-state index contributed by atoms with van der Waals surface area (Å²) >= 11 is 0. The minimum atomic E-state index is -0.660. The summed E-state index contributed by atoms with van der Waals surface area (Å²) in [5.74, 6) is 2.22. The van der Waals surface area contributed by atoms with Gasteiger partial charge in [0.15, 0.2) is 0 Å². The van der Waals surface area contributed by atoms with Gasteiger partial charge in [0.05, 0.1) is 19.6 Å². The number of hydrogen-bond donors (Lipinski definition) is 1. The van der Waals surface area contributed by atoms with Gasteiger partial charge in [-0.25, -0.2) is 9.80 Å². The van der Waals surface area contributed by atoms with Gasteiger partial charge in [-0.05, 0) is 24.0 Å². The minimum absolute atomic E-state index is 0.0579. The lowest BCUT2D eigenvalue weighted by Crippen LogP contribution is -2.77. The number of terminal acetylenes is 1. The zero-order chi connectivity index (χ0) is 26.5. The summed E-state index contributed by atoms with van der Waals surface area (Å²) in [6, 6.07) is 16.7. The molecule has 0 bridgehead atoms. The first-order chi connectivity index (χ1) is 17.8. The molecule has 0 saturated carbocycles. The van der Waals surface area contributed by atoms with Crippen LogP contribution in [-0.4, -0.2) is 69.5 Å². The Morgan fingerprint density at radius 2 is 1.81 bits per heavy atom. The number of carbonyl (C=O) groups is 3. The Balaban J connectivity index is 1.67. The number of nitrogens with zero attached hydrogens (tertiary/aromatic N) is 4. The van der Waals surface area contributed by atoms with Crippen LogP contribution in [0.4, 0.5) is 4.79 Å². The quantitative estimate of drug-likeness (QED) is 0.592. The van der Waals surface area contributed by atoms with E-state index in [4.69, 9.17) is 6.42 Å². The standard InChI is InChI=1S/C29H35N5O3/c1-5-16-32-20-26(35)33-25(34(32)29(37)30-17-23-10-8-7-9-11-23)19-31(28(36)27(33)22(4)6-2)18-24-14-12-21(3)13-15-24/h1,7-15,22,25,27H,6,16-20H2,2-4H3,(H,30,37)/t22?,25-,27-/m0/s1. The van der Waals surface area contributed by atoms with Crippen molar-refractivity contribution in [3.05, 3.63) is 71.3 Å². The van der Waals surface area contributed by atoms with Crippen molar-refractivity contribution in [1.29, 1.82) is 0 Å². The third kappa shape index (κ3) is 5.62. The van der Waals surface area contributed by atoms with Crippen LogP contribution in [0.1, 0.15) is 37.0 Å². The molecule has 8 heteroatoms. The normalized spacial score (nSPS) is 20.9. The number of aryl methyl sites for hydroxylation is 1. The van der Waals surface area contributed by atoms with Crippen molar-refractivity contribution in [1.82, 2.24) is 25.1 Å². The highest BCUT2D eigenvalue weighted by Crippen LogP contribution is 2.31. The maximum absolute atomic E-state index is 13.8. The molecule has 1 unspecified atom stereocenters. The lowest BCUT2D eigenvalue weighted by Gasteiger charge is -2.55. The first-order valence-corrected chi connectivity index (χ1v) is 12.8. The fourth-order valence-corrected chi connectivity index (χ4v) is 5.04. The molecule has 0 spiro atoms. The topological polar surface area (TPSA) is 76.2 Å². The molecule has 2 aliphatic heterocycles. The van der Waals surface area contributed by atoms with E-state index in [1.807, 2.05) is 75.4 Å². The van der Waals surface area contributed by atoms with Crippen molar-refractivity contribution in [3.8, 4) is 12.3 Å². The third-order valence-electron chi connectivity index (χ3n) is 7.21. The average Bonchev–Trinajstić information content (AvgIpc) is 2.90. The Bertz CT molecular complexity index is 1160. The summed E-state index contributed by atoms with van der Waals surface area (Å²) in [6.07, 6.45) is 5.68. The van der Waals surface area contributed by atoms with Crippen LogP contribution in [0.5, 0.6) is 0 Å². The first-order valence-electron chi connectivity index (χ1n) is 12.8. The van der Waals surface area contributed by atoms with Crippen molar-refractivity contribution in [2.24, 2.45) is 5.92 Å². The third-order valence-corrected chi connectivity index (χ3v) is 7.21. The molecular formula is C29H35N5O3. The highest BCUT2D eigenvalue weighted by molar-refractivity contribution is 5.91. The SMILES string of the molecule is C#CCN1CC(=O)N2[C@@H](C(C)CC)C(=O)N(Cc3ccc(C)cc3)C[C@@H]2N1C(=O)NCc1ccccc1. The Kier molecular flexibility index (Phi) is 8.14. The fraction of sp³-hybridized carbons (Fsp3) is 0.414. The van der Waals surface area contributed by atoms with Gasteiger partial charge in [0, 0.05) is 13.1 Å². The van der Waals surface area contributed by atoms with Crippen LogP contribution >= 0.6 is 0 Å². The van der Waals surface area contributed by atoms with E-state index in [0.717, 1.165) is 23.1 Å². The Hall–Kier alpha value is -3.83. The molecule has 2 aromatic carbocycles. The van der Waals surface area contributed by atoms with E-state index >= 15 is 0 Å². The summed E-state index contributed by atoms with van der Waals surface area (Å²) in [6.45, 7) is 7.00. The highest BCUT2D eigenvalue weighted by Gasteiger charge is 2.52. The summed E-state index contributed by atoms with van der Waals surface area (Å²) in [7, 11) is 0. The molecule has 2 aliphatic rings. The number of nitrogens with one attached hydrogen (secondary N) is 1. The number of amides is 4. The van der Waals surface area contributed by atoms with Gasteiger partial charge in [-0.2, -0.15) is 5.01 Å². The van der Waals surface area contributed by atoms with Gasteiger partial charge in [0.25, 0.3) is 0 Å². The van der Waals surface area contributed by atoms with Crippen molar-refractivity contribution in [2.75, 3.05) is 19.6 Å². The van der Waals surface area contributed by atoms with Gasteiger partial charge in [-0.1, -0.05) is 86.3 Å². The molecule has 2 saturated heterocycles. The smallest absolute Gasteiger partial charge is 0.333 e. The van der Waals surface area contributed by atoms with E-state index in [1.54, 1.807) is 19.8 Å². The maximum atomic E-state index is 13.8. The molecule has 1 N–H and O–H groups in total. The summed E-state index contributed by atoms with van der Waals surface area (Å²) in [4.78, 5) is 44.2. The number of piperazine rings is 1. The highest BCUT2D eigenvalue weighted by atomic mass is 16.2. The minimum Gasteiger partial charge on any atom is -0.333 e. The average molecular weight is 502 g/mol. The molecule has 0 radical (unpaired) electrons. The van der Waals surface area contributed by atoms with Crippen LogP contribution in [-0.2, 0) is 22.7 Å². The van der Waals surface area contributed by atoms with Crippen LogP contribution in [0.3, 0.4) is 0 Å².